The molecule has 0 unspecified atom stereocenters. The third kappa shape index (κ3) is 2.91. The van der Waals surface area contributed by atoms with Crippen LogP contribution in [0.5, 0.6) is 0 Å². The lowest BCUT2D eigenvalue weighted by molar-refractivity contribution is -0.143. The summed E-state index contributed by atoms with van der Waals surface area (Å²) in [6.45, 7) is 0. The molecule has 1 fully saturated rings. The number of Topliss-reactive ketones (excluding diaryl/α,β-unsaturated/α-hetero) is 1. The summed E-state index contributed by atoms with van der Waals surface area (Å²) < 4.78 is 0. The Morgan fingerprint density at radius 1 is 1.22 bits per heavy atom. The zero-order valence-corrected chi connectivity index (χ0v) is 10.7. The van der Waals surface area contributed by atoms with Crippen molar-refractivity contribution in [1.82, 2.24) is 0 Å². The summed E-state index contributed by atoms with van der Waals surface area (Å²) >= 11 is 5.86. The van der Waals surface area contributed by atoms with Crippen LogP contribution in [0.4, 0.5) is 0 Å². The third-order valence-electron chi connectivity index (χ3n) is 3.50. The largest absolute Gasteiger partial charge is 0.481 e. The van der Waals surface area contributed by atoms with Crippen molar-refractivity contribution in [2.24, 2.45) is 11.8 Å². The number of carboxylic acid groups (broad SMARTS) is 1. The molecule has 18 heavy (non-hydrogen) atoms. The summed E-state index contributed by atoms with van der Waals surface area (Å²) in [4.78, 5) is 23.2. The van der Waals surface area contributed by atoms with Crippen molar-refractivity contribution in [1.29, 1.82) is 0 Å². The minimum absolute atomic E-state index is 0.0171. The van der Waals surface area contributed by atoms with Crippen LogP contribution in [0.3, 0.4) is 0 Å². The van der Waals surface area contributed by atoms with Crippen LogP contribution in [-0.2, 0) is 4.79 Å². The fourth-order valence-corrected chi connectivity index (χ4v) is 2.72. The molecule has 0 bridgehead atoms. The molecular formula is C14H15ClO3. The first-order chi connectivity index (χ1) is 8.58. The van der Waals surface area contributed by atoms with Gasteiger partial charge < -0.3 is 5.11 Å². The number of ketones is 1. The number of aliphatic carboxylic acids is 1. The van der Waals surface area contributed by atoms with Gasteiger partial charge in [0.2, 0.25) is 0 Å². The monoisotopic (exact) mass is 266 g/mol. The van der Waals surface area contributed by atoms with E-state index in [9.17, 15) is 9.59 Å². The van der Waals surface area contributed by atoms with Crippen molar-refractivity contribution in [3.63, 3.8) is 0 Å². The number of carbonyl (C=O) groups excluding carboxylic acids is 1. The van der Waals surface area contributed by atoms with Crippen molar-refractivity contribution in [2.75, 3.05) is 0 Å². The molecule has 2 atom stereocenters. The van der Waals surface area contributed by atoms with Crippen molar-refractivity contribution in [3.05, 3.63) is 34.9 Å². The van der Waals surface area contributed by atoms with Crippen LogP contribution in [0.1, 0.15) is 36.0 Å². The van der Waals surface area contributed by atoms with Gasteiger partial charge in [0.05, 0.1) is 5.92 Å². The first kappa shape index (κ1) is 13.1. The predicted molar refractivity (Wildman–Crippen MR) is 68.9 cm³/mol. The quantitative estimate of drug-likeness (QED) is 0.853. The van der Waals surface area contributed by atoms with E-state index in [4.69, 9.17) is 16.7 Å². The first-order valence-corrected chi connectivity index (χ1v) is 6.48. The highest BCUT2D eigenvalue weighted by atomic mass is 35.5. The van der Waals surface area contributed by atoms with Crippen LogP contribution in [0, 0.1) is 11.8 Å². The lowest BCUT2D eigenvalue weighted by Gasteiger charge is -2.25. The van der Waals surface area contributed by atoms with Gasteiger partial charge in [-0.15, -0.1) is 0 Å². The predicted octanol–water partition coefficient (Wildman–Crippen LogP) is 3.41. The summed E-state index contributed by atoms with van der Waals surface area (Å²) in [6, 6.07) is 6.85. The topological polar surface area (TPSA) is 54.4 Å². The Morgan fingerprint density at radius 3 is 2.61 bits per heavy atom. The standard InChI is InChI=1S/C14H15ClO3/c15-12-6-2-4-10(8-12)13(16)9-3-1-5-11(7-9)14(17)18/h2,4,6,8-9,11H,1,3,5,7H2,(H,17,18)/t9-,11+/m0/s1. The zero-order valence-electron chi connectivity index (χ0n) is 9.93. The van der Waals surface area contributed by atoms with Gasteiger partial charge in [0.1, 0.15) is 0 Å². The number of rotatable bonds is 3. The Labute approximate surface area is 111 Å². The molecule has 96 valence electrons. The average Bonchev–Trinajstić information content (AvgIpc) is 2.38. The van der Waals surface area contributed by atoms with Gasteiger partial charge in [0.15, 0.2) is 5.78 Å². The van der Waals surface area contributed by atoms with Crippen LogP contribution < -0.4 is 0 Å². The van der Waals surface area contributed by atoms with Crippen LogP contribution in [0.15, 0.2) is 24.3 Å². The number of carboxylic acids is 1. The number of hydrogen-bond acceptors (Lipinski definition) is 2. The second-order valence-corrected chi connectivity index (χ2v) is 5.21. The van der Waals surface area contributed by atoms with E-state index >= 15 is 0 Å². The highest BCUT2D eigenvalue weighted by Crippen LogP contribution is 2.31. The summed E-state index contributed by atoms with van der Waals surface area (Å²) in [5, 5.41) is 9.55. The summed E-state index contributed by atoms with van der Waals surface area (Å²) in [5.74, 6) is -1.34. The molecule has 1 aromatic carbocycles. The van der Waals surface area contributed by atoms with Gasteiger partial charge >= 0.3 is 5.97 Å². The molecule has 1 aromatic rings. The molecule has 0 radical (unpaired) electrons. The molecule has 0 aromatic heterocycles. The molecule has 3 nitrogen and oxygen atoms in total. The molecule has 1 saturated carbocycles. The van der Waals surface area contributed by atoms with E-state index in [-0.39, 0.29) is 17.6 Å². The normalized spacial score (nSPS) is 23.6. The Bertz CT molecular complexity index is 470. The molecule has 0 heterocycles. The van der Waals surface area contributed by atoms with Crippen molar-refractivity contribution < 1.29 is 14.7 Å². The van der Waals surface area contributed by atoms with Crippen LogP contribution in [-0.4, -0.2) is 16.9 Å². The van der Waals surface area contributed by atoms with E-state index in [2.05, 4.69) is 0 Å². The average molecular weight is 267 g/mol. The van der Waals surface area contributed by atoms with E-state index in [1.165, 1.54) is 0 Å². The van der Waals surface area contributed by atoms with Gasteiger partial charge in [0.25, 0.3) is 0 Å². The Kier molecular flexibility index (Phi) is 4.02. The Balaban J connectivity index is 2.11. The number of halogens is 1. The van der Waals surface area contributed by atoms with Crippen LogP contribution in [0.2, 0.25) is 5.02 Å². The maximum absolute atomic E-state index is 12.3. The van der Waals surface area contributed by atoms with Gasteiger partial charge in [0, 0.05) is 16.5 Å². The van der Waals surface area contributed by atoms with Crippen molar-refractivity contribution >= 4 is 23.4 Å². The molecule has 0 aliphatic heterocycles. The molecule has 4 heteroatoms. The zero-order chi connectivity index (χ0) is 13.1. The van der Waals surface area contributed by atoms with Gasteiger partial charge in [-0.1, -0.05) is 30.2 Å². The number of benzene rings is 1. The highest BCUT2D eigenvalue weighted by molar-refractivity contribution is 6.31. The van der Waals surface area contributed by atoms with Gasteiger partial charge in [-0.05, 0) is 31.4 Å². The maximum atomic E-state index is 12.3. The molecule has 1 N–H and O–H groups in total. The van der Waals surface area contributed by atoms with Gasteiger partial charge in [-0.2, -0.15) is 0 Å². The van der Waals surface area contributed by atoms with Crippen molar-refractivity contribution in [3.8, 4) is 0 Å². The van der Waals surface area contributed by atoms with E-state index in [0.717, 1.165) is 12.8 Å². The highest BCUT2D eigenvalue weighted by Gasteiger charge is 2.31. The van der Waals surface area contributed by atoms with E-state index in [1.54, 1.807) is 24.3 Å². The number of carbonyl (C=O) groups is 2. The molecule has 2 rings (SSSR count). The lowest BCUT2D eigenvalue weighted by Crippen LogP contribution is -2.27. The minimum atomic E-state index is -0.793. The minimum Gasteiger partial charge on any atom is -0.481 e. The van der Waals surface area contributed by atoms with Crippen LogP contribution >= 0.6 is 11.6 Å². The smallest absolute Gasteiger partial charge is 0.306 e. The SMILES string of the molecule is O=C(O)[C@@H]1CCC[C@H](C(=O)c2cccc(Cl)c2)C1. The third-order valence-corrected chi connectivity index (χ3v) is 3.74. The number of hydrogen-bond donors (Lipinski definition) is 1. The first-order valence-electron chi connectivity index (χ1n) is 6.10. The lowest BCUT2D eigenvalue weighted by atomic mass is 9.78. The molecule has 0 saturated heterocycles. The van der Waals surface area contributed by atoms with E-state index in [0.29, 0.717) is 23.4 Å². The maximum Gasteiger partial charge on any atom is 0.306 e. The van der Waals surface area contributed by atoms with Crippen LogP contribution in [0.25, 0.3) is 0 Å². The fraction of sp³-hybridized carbons (Fsp3) is 0.429. The molecule has 0 amide bonds. The van der Waals surface area contributed by atoms with Gasteiger partial charge in [-0.3, -0.25) is 9.59 Å². The van der Waals surface area contributed by atoms with E-state index in [1.807, 2.05) is 0 Å². The Hall–Kier alpha value is -1.35. The fourth-order valence-electron chi connectivity index (χ4n) is 2.53. The second-order valence-electron chi connectivity index (χ2n) is 4.77. The molecule has 0 spiro atoms. The van der Waals surface area contributed by atoms with E-state index < -0.39 is 5.97 Å². The molecule has 1 aliphatic rings. The van der Waals surface area contributed by atoms with Crippen molar-refractivity contribution in [2.45, 2.75) is 25.7 Å². The second kappa shape index (κ2) is 5.53. The molecular weight excluding hydrogens is 252 g/mol. The summed E-state index contributed by atoms with van der Waals surface area (Å²) in [5.41, 5.74) is 0.582. The Morgan fingerprint density at radius 2 is 1.94 bits per heavy atom. The summed E-state index contributed by atoms with van der Waals surface area (Å²) in [6.07, 6.45) is 2.69. The summed E-state index contributed by atoms with van der Waals surface area (Å²) in [7, 11) is 0. The molecule has 1 aliphatic carbocycles. The van der Waals surface area contributed by atoms with Gasteiger partial charge in [-0.25, -0.2) is 0 Å².